The number of benzene rings is 1. The van der Waals surface area contributed by atoms with Crippen LogP contribution < -0.4 is 16.0 Å². The number of nitrogens with one attached hydrogen (secondary N) is 1. The highest BCUT2D eigenvalue weighted by Crippen LogP contribution is 2.24. The molecule has 138 valence electrons. The highest BCUT2D eigenvalue weighted by atomic mass is 35.5. The zero-order chi connectivity index (χ0) is 15.9. The second-order valence-corrected chi connectivity index (χ2v) is 6.33. The van der Waals surface area contributed by atoms with Gasteiger partial charge in [-0.25, -0.2) is 0 Å². The van der Waals surface area contributed by atoms with Crippen molar-refractivity contribution in [2.45, 2.75) is 45.1 Å². The molecule has 1 amide bonds. The highest BCUT2D eigenvalue weighted by Gasteiger charge is 2.25. The van der Waals surface area contributed by atoms with Gasteiger partial charge in [0.1, 0.15) is 0 Å². The Labute approximate surface area is 158 Å². The first-order valence-electron chi connectivity index (χ1n) is 8.47. The van der Waals surface area contributed by atoms with Crippen LogP contribution in [-0.2, 0) is 0 Å². The van der Waals surface area contributed by atoms with Crippen LogP contribution in [0.5, 0.6) is 0 Å². The molecule has 0 aromatic heterocycles. The molecule has 2 atom stereocenters. The Morgan fingerprint density at radius 3 is 2.42 bits per heavy atom. The summed E-state index contributed by atoms with van der Waals surface area (Å²) < 4.78 is 0. The van der Waals surface area contributed by atoms with Crippen molar-refractivity contribution in [2.24, 2.45) is 11.7 Å². The minimum Gasteiger partial charge on any atom is -0.375 e. The topological polar surface area (TPSA) is 58.4 Å². The Hall–Kier alpha value is -0.970. The first kappa shape index (κ1) is 23.0. The Morgan fingerprint density at radius 1 is 1.21 bits per heavy atom. The first-order chi connectivity index (χ1) is 10.7. The maximum Gasteiger partial charge on any atom is 0.251 e. The molecule has 0 saturated heterocycles. The molecule has 3 N–H and O–H groups in total. The molecule has 1 saturated carbocycles. The largest absolute Gasteiger partial charge is 0.375 e. The molecule has 0 spiro atoms. The van der Waals surface area contributed by atoms with Crippen molar-refractivity contribution in [2.75, 3.05) is 25.0 Å². The lowest BCUT2D eigenvalue weighted by Crippen LogP contribution is -2.44. The molecule has 24 heavy (non-hydrogen) atoms. The van der Waals surface area contributed by atoms with Gasteiger partial charge in [0, 0.05) is 30.9 Å². The predicted octanol–water partition coefficient (Wildman–Crippen LogP) is 3.62. The Kier molecular flexibility index (Phi) is 11.1. The molecule has 2 rings (SSSR count). The van der Waals surface area contributed by atoms with E-state index in [1.807, 2.05) is 24.3 Å². The Morgan fingerprint density at radius 2 is 1.83 bits per heavy atom. The molecule has 0 bridgehead atoms. The lowest BCUT2D eigenvalue weighted by atomic mass is 9.84. The summed E-state index contributed by atoms with van der Waals surface area (Å²) in [5, 5.41) is 3.18. The summed E-state index contributed by atoms with van der Waals surface area (Å²) in [6, 6.07) is 8.10. The number of anilines is 1. The summed E-state index contributed by atoms with van der Waals surface area (Å²) in [5.41, 5.74) is 7.71. The van der Waals surface area contributed by atoms with Gasteiger partial charge in [-0.3, -0.25) is 4.79 Å². The van der Waals surface area contributed by atoms with Gasteiger partial charge in [-0.05, 0) is 56.0 Å². The standard InChI is InChI=1S/C18H29N3O.2ClH/c1-3-12-21(2)16-10-8-14(9-11-16)18(22)20-17-7-5-4-6-15(17)13-19;;/h8-11,15,17H,3-7,12-13,19H2,1-2H3,(H,20,22);2*1H. The molecule has 0 radical (unpaired) electrons. The third-order valence-corrected chi connectivity index (χ3v) is 4.66. The molecule has 0 heterocycles. The molecule has 1 aromatic carbocycles. The summed E-state index contributed by atoms with van der Waals surface area (Å²) >= 11 is 0. The molecule has 1 fully saturated rings. The molecular weight excluding hydrogens is 345 g/mol. The minimum absolute atomic E-state index is 0. The molecule has 6 heteroatoms. The fraction of sp³-hybridized carbons (Fsp3) is 0.611. The van der Waals surface area contributed by atoms with Crippen molar-refractivity contribution in [1.29, 1.82) is 0 Å². The number of hydrogen-bond donors (Lipinski definition) is 2. The van der Waals surface area contributed by atoms with Crippen LogP contribution in [0.4, 0.5) is 5.69 Å². The number of hydrogen-bond acceptors (Lipinski definition) is 3. The van der Waals surface area contributed by atoms with Gasteiger partial charge < -0.3 is 16.0 Å². The summed E-state index contributed by atoms with van der Waals surface area (Å²) in [5.74, 6) is 0.447. The van der Waals surface area contributed by atoms with E-state index in [1.165, 1.54) is 12.8 Å². The van der Waals surface area contributed by atoms with E-state index in [0.717, 1.165) is 37.1 Å². The Balaban J connectivity index is 0.00000264. The van der Waals surface area contributed by atoms with E-state index >= 15 is 0 Å². The molecule has 4 nitrogen and oxygen atoms in total. The van der Waals surface area contributed by atoms with E-state index in [-0.39, 0.29) is 36.8 Å². The van der Waals surface area contributed by atoms with Crippen molar-refractivity contribution in [3.8, 4) is 0 Å². The van der Waals surface area contributed by atoms with Crippen molar-refractivity contribution in [1.82, 2.24) is 5.32 Å². The number of nitrogens with two attached hydrogens (primary N) is 1. The number of rotatable bonds is 6. The fourth-order valence-corrected chi connectivity index (χ4v) is 3.26. The van der Waals surface area contributed by atoms with Crippen molar-refractivity contribution >= 4 is 36.4 Å². The van der Waals surface area contributed by atoms with Gasteiger partial charge >= 0.3 is 0 Å². The van der Waals surface area contributed by atoms with Gasteiger partial charge in [0.05, 0.1) is 0 Å². The summed E-state index contributed by atoms with van der Waals surface area (Å²) in [6.45, 7) is 3.84. The van der Waals surface area contributed by atoms with E-state index in [0.29, 0.717) is 12.5 Å². The minimum atomic E-state index is 0. The zero-order valence-corrected chi connectivity index (χ0v) is 16.3. The second kappa shape index (κ2) is 11.6. The van der Waals surface area contributed by atoms with Crippen molar-refractivity contribution < 1.29 is 4.79 Å². The normalized spacial score (nSPS) is 19.6. The van der Waals surface area contributed by atoms with E-state index < -0.39 is 0 Å². The number of carbonyl (C=O) groups is 1. The smallest absolute Gasteiger partial charge is 0.251 e. The van der Waals surface area contributed by atoms with Gasteiger partial charge in [0.15, 0.2) is 0 Å². The SMILES string of the molecule is CCCN(C)c1ccc(C(=O)NC2CCCCC2CN)cc1.Cl.Cl. The average molecular weight is 376 g/mol. The lowest BCUT2D eigenvalue weighted by molar-refractivity contribution is 0.0908. The number of halogens is 2. The molecule has 1 aliphatic rings. The predicted molar refractivity (Wildman–Crippen MR) is 107 cm³/mol. The van der Waals surface area contributed by atoms with Crippen molar-refractivity contribution in [3.05, 3.63) is 29.8 Å². The summed E-state index contributed by atoms with van der Waals surface area (Å²) in [6.07, 6.45) is 5.70. The van der Waals surface area contributed by atoms with Crippen LogP contribution in [0.2, 0.25) is 0 Å². The van der Waals surface area contributed by atoms with Crippen LogP contribution in [0.25, 0.3) is 0 Å². The van der Waals surface area contributed by atoms with Gasteiger partial charge in [0.2, 0.25) is 0 Å². The number of amides is 1. The van der Waals surface area contributed by atoms with Gasteiger partial charge in [-0.1, -0.05) is 19.8 Å². The van der Waals surface area contributed by atoms with Crippen LogP contribution in [0.15, 0.2) is 24.3 Å². The van der Waals surface area contributed by atoms with Crippen LogP contribution in [0.3, 0.4) is 0 Å². The van der Waals surface area contributed by atoms with E-state index in [9.17, 15) is 4.79 Å². The number of nitrogens with zero attached hydrogens (tertiary/aromatic N) is 1. The van der Waals surface area contributed by atoms with Crippen LogP contribution in [0.1, 0.15) is 49.4 Å². The molecule has 2 unspecified atom stereocenters. The molecule has 1 aromatic rings. The Bertz CT molecular complexity index is 482. The maximum absolute atomic E-state index is 12.4. The molecular formula is C18H31Cl2N3O. The van der Waals surface area contributed by atoms with Crippen LogP contribution in [-0.4, -0.2) is 32.1 Å². The van der Waals surface area contributed by atoms with Gasteiger partial charge in [0.25, 0.3) is 5.91 Å². The van der Waals surface area contributed by atoms with E-state index in [1.54, 1.807) is 0 Å². The summed E-state index contributed by atoms with van der Waals surface area (Å²) in [4.78, 5) is 14.6. The van der Waals surface area contributed by atoms with Crippen LogP contribution >= 0.6 is 24.8 Å². The number of carbonyl (C=O) groups excluding carboxylic acids is 1. The monoisotopic (exact) mass is 375 g/mol. The molecule has 1 aliphatic carbocycles. The third kappa shape index (κ3) is 6.15. The van der Waals surface area contributed by atoms with E-state index in [2.05, 4.69) is 24.2 Å². The average Bonchev–Trinajstić information content (AvgIpc) is 2.55. The van der Waals surface area contributed by atoms with Crippen LogP contribution in [0, 0.1) is 5.92 Å². The van der Waals surface area contributed by atoms with Crippen molar-refractivity contribution in [3.63, 3.8) is 0 Å². The first-order valence-corrected chi connectivity index (χ1v) is 8.47. The summed E-state index contributed by atoms with van der Waals surface area (Å²) in [7, 11) is 2.08. The fourth-order valence-electron chi connectivity index (χ4n) is 3.26. The zero-order valence-electron chi connectivity index (χ0n) is 14.7. The second-order valence-electron chi connectivity index (χ2n) is 6.33. The highest BCUT2D eigenvalue weighted by molar-refractivity contribution is 5.94. The quantitative estimate of drug-likeness (QED) is 0.797. The van der Waals surface area contributed by atoms with Gasteiger partial charge in [-0.15, -0.1) is 24.8 Å². The maximum atomic E-state index is 12.4. The lowest BCUT2D eigenvalue weighted by Gasteiger charge is -2.31. The van der Waals surface area contributed by atoms with Gasteiger partial charge in [-0.2, -0.15) is 0 Å². The van der Waals surface area contributed by atoms with E-state index in [4.69, 9.17) is 5.73 Å². The molecule has 0 aliphatic heterocycles. The third-order valence-electron chi connectivity index (χ3n) is 4.66.